The molecule has 2 atom stereocenters. The summed E-state index contributed by atoms with van der Waals surface area (Å²) in [6.07, 6.45) is 1.18. The minimum absolute atomic E-state index is 0.0310. The van der Waals surface area contributed by atoms with Gasteiger partial charge in [-0.2, -0.15) is 0 Å². The lowest BCUT2D eigenvalue weighted by atomic mass is 9.72. The van der Waals surface area contributed by atoms with Crippen LogP contribution in [0.25, 0.3) is 0 Å². The number of benzene rings is 1. The van der Waals surface area contributed by atoms with Gasteiger partial charge in [0.15, 0.2) is 0 Å². The maximum absolute atomic E-state index is 5.83. The second kappa shape index (κ2) is 6.17. The summed E-state index contributed by atoms with van der Waals surface area (Å²) in [6.45, 7) is 15.4. The van der Waals surface area contributed by atoms with Gasteiger partial charge in [0, 0.05) is 6.04 Å². The minimum atomic E-state index is 0.0310. The van der Waals surface area contributed by atoms with E-state index in [4.69, 9.17) is 10.5 Å². The average Bonchev–Trinajstić information content (AvgIpc) is 2.26. The summed E-state index contributed by atoms with van der Waals surface area (Å²) in [4.78, 5) is 0. The normalized spacial score (nSPS) is 15.8. The Balaban J connectivity index is 2.80. The predicted octanol–water partition coefficient (Wildman–Crippen LogP) is 4.51. The Labute approximate surface area is 124 Å². The maximum atomic E-state index is 5.83. The molecule has 0 fully saturated rings. The fourth-order valence-electron chi connectivity index (χ4n) is 2.73. The van der Waals surface area contributed by atoms with Gasteiger partial charge in [-0.15, -0.1) is 0 Å². The van der Waals surface area contributed by atoms with Gasteiger partial charge >= 0.3 is 0 Å². The molecule has 1 rings (SSSR count). The topological polar surface area (TPSA) is 35.2 Å². The third kappa shape index (κ3) is 5.16. The molecule has 0 saturated carbocycles. The summed E-state index contributed by atoms with van der Waals surface area (Å²) in [5.41, 5.74) is 7.67. The second-order valence-electron chi connectivity index (χ2n) is 7.83. The van der Waals surface area contributed by atoms with E-state index in [1.165, 1.54) is 5.56 Å². The largest absolute Gasteiger partial charge is 0.489 e. The highest BCUT2D eigenvalue weighted by atomic mass is 16.5. The van der Waals surface area contributed by atoms with Gasteiger partial charge in [0.05, 0.1) is 0 Å². The number of ether oxygens (including phenoxy) is 1. The van der Waals surface area contributed by atoms with Gasteiger partial charge < -0.3 is 10.5 Å². The van der Waals surface area contributed by atoms with Gasteiger partial charge in [-0.05, 0) is 48.8 Å². The Morgan fingerprint density at radius 3 is 1.90 bits per heavy atom. The van der Waals surface area contributed by atoms with Gasteiger partial charge in [-0.3, -0.25) is 0 Å². The van der Waals surface area contributed by atoms with Crippen LogP contribution in [0.2, 0.25) is 0 Å². The summed E-state index contributed by atoms with van der Waals surface area (Å²) >= 11 is 0. The van der Waals surface area contributed by atoms with Gasteiger partial charge in [0.1, 0.15) is 11.9 Å². The zero-order valence-electron chi connectivity index (χ0n) is 14.2. The van der Waals surface area contributed by atoms with Crippen molar-refractivity contribution < 1.29 is 4.74 Å². The fourth-order valence-corrected chi connectivity index (χ4v) is 2.73. The maximum Gasteiger partial charge on any atom is 0.119 e. The molecular weight excluding hydrogens is 246 g/mol. The Bertz CT molecular complexity index is 412. The van der Waals surface area contributed by atoms with Gasteiger partial charge in [-0.25, -0.2) is 0 Å². The van der Waals surface area contributed by atoms with Crippen molar-refractivity contribution in [2.75, 3.05) is 0 Å². The zero-order valence-corrected chi connectivity index (χ0v) is 14.2. The summed E-state index contributed by atoms with van der Waals surface area (Å²) in [5.74, 6) is 0.894. The van der Waals surface area contributed by atoms with Gasteiger partial charge in [0.2, 0.25) is 0 Å². The minimum Gasteiger partial charge on any atom is -0.489 e. The van der Waals surface area contributed by atoms with Crippen molar-refractivity contribution in [2.45, 2.75) is 72.4 Å². The van der Waals surface area contributed by atoms with Crippen LogP contribution in [0.15, 0.2) is 24.3 Å². The van der Waals surface area contributed by atoms with Crippen LogP contribution in [0.5, 0.6) is 5.75 Å². The van der Waals surface area contributed by atoms with Crippen LogP contribution in [0.4, 0.5) is 0 Å². The van der Waals surface area contributed by atoms with Crippen LogP contribution in [0.3, 0.4) is 0 Å². The lowest BCUT2D eigenvalue weighted by Crippen LogP contribution is -2.33. The molecule has 114 valence electrons. The molecule has 20 heavy (non-hydrogen) atoms. The SMILES string of the molecule is CC(Oc1ccc(C(C)(C)CC(C)(C)C)cc1)[C@@H](C)N. The Morgan fingerprint density at radius 2 is 1.50 bits per heavy atom. The molecule has 0 amide bonds. The Kier molecular flexibility index (Phi) is 5.26. The van der Waals surface area contributed by atoms with E-state index in [9.17, 15) is 0 Å². The summed E-state index contributed by atoms with van der Waals surface area (Å²) in [6, 6.07) is 8.49. The molecule has 2 nitrogen and oxygen atoms in total. The molecule has 0 heterocycles. The first kappa shape index (κ1) is 17.0. The average molecular weight is 277 g/mol. The van der Waals surface area contributed by atoms with Crippen molar-refractivity contribution in [1.82, 2.24) is 0 Å². The molecule has 0 spiro atoms. The predicted molar refractivity (Wildman–Crippen MR) is 87.3 cm³/mol. The molecule has 0 aliphatic heterocycles. The molecule has 0 aliphatic carbocycles. The Morgan fingerprint density at radius 1 is 1.00 bits per heavy atom. The molecule has 2 N–H and O–H groups in total. The van der Waals surface area contributed by atoms with Crippen LogP contribution in [-0.4, -0.2) is 12.1 Å². The van der Waals surface area contributed by atoms with Crippen LogP contribution < -0.4 is 10.5 Å². The third-order valence-corrected chi connectivity index (χ3v) is 3.67. The van der Waals surface area contributed by atoms with Crippen LogP contribution in [0, 0.1) is 5.41 Å². The van der Waals surface area contributed by atoms with E-state index in [0.29, 0.717) is 5.41 Å². The first-order valence-corrected chi connectivity index (χ1v) is 7.54. The Hall–Kier alpha value is -1.02. The van der Waals surface area contributed by atoms with Crippen molar-refractivity contribution in [1.29, 1.82) is 0 Å². The highest BCUT2D eigenvalue weighted by Crippen LogP contribution is 2.36. The molecular formula is C18H31NO. The van der Waals surface area contributed by atoms with E-state index >= 15 is 0 Å². The van der Waals surface area contributed by atoms with Crippen LogP contribution in [0.1, 0.15) is 60.5 Å². The van der Waals surface area contributed by atoms with E-state index in [1.807, 2.05) is 13.8 Å². The third-order valence-electron chi connectivity index (χ3n) is 3.67. The zero-order chi connectivity index (χ0) is 15.6. The summed E-state index contributed by atoms with van der Waals surface area (Å²) in [5, 5.41) is 0. The van der Waals surface area contributed by atoms with E-state index < -0.39 is 0 Å². The van der Waals surface area contributed by atoms with Crippen LogP contribution in [-0.2, 0) is 5.41 Å². The number of rotatable bonds is 5. The smallest absolute Gasteiger partial charge is 0.119 e. The molecule has 1 aromatic carbocycles. The van der Waals surface area contributed by atoms with Crippen molar-refractivity contribution in [3.63, 3.8) is 0 Å². The van der Waals surface area contributed by atoms with Crippen molar-refractivity contribution in [2.24, 2.45) is 11.1 Å². The molecule has 0 saturated heterocycles. The molecule has 0 aromatic heterocycles. The molecule has 1 aromatic rings. The highest BCUT2D eigenvalue weighted by Gasteiger charge is 2.27. The molecule has 0 bridgehead atoms. The summed E-state index contributed by atoms with van der Waals surface area (Å²) in [7, 11) is 0. The molecule has 0 aliphatic rings. The van der Waals surface area contributed by atoms with Gasteiger partial charge in [0.25, 0.3) is 0 Å². The van der Waals surface area contributed by atoms with E-state index in [2.05, 4.69) is 58.9 Å². The first-order valence-electron chi connectivity index (χ1n) is 7.54. The van der Waals surface area contributed by atoms with E-state index in [-0.39, 0.29) is 17.6 Å². The second-order valence-corrected chi connectivity index (χ2v) is 7.83. The standard InChI is InChI=1S/C18H31NO/c1-13(19)14(2)20-16-10-8-15(9-11-16)18(6,7)12-17(3,4)5/h8-11,13-14H,12,19H2,1-7H3/t13-,14?/m1/s1. The number of nitrogens with two attached hydrogens (primary N) is 1. The molecule has 1 unspecified atom stereocenters. The monoisotopic (exact) mass is 277 g/mol. The van der Waals surface area contributed by atoms with E-state index in [0.717, 1.165) is 12.2 Å². The lowest BCUT2D eigenvalue weighted by molar-refractivity contribution is 0.196. The van der Waals surface area contributed by atoms with Gasteiger partial charge in [-0.1, -0.05) is 46.8 Å². The lowest BCUT2D eigenvalue weighted by Gasteiger charge is -2.33. The van der Waals surface area contributed by atoms with Crippen molar-refractivity contribution in [3.8, 4) is 5.75 Å². The molecule has 0 radical (unpaired) electrons. The quantitative estimate of drug-likeness (QED) is 0.859. The van der Waals surface area contributed by atoms with Crippen LogP contribution >= 0.6 is 0 Å². The highest BCUT2D eigenvalue weighted by molar-refractivity contribution is 5.32. The van der Waals surface area contributed by atoms with E-state index in [1.54, 1.807) is 0 Å². The fraction of sp³-hybridized carbons (Fsp3) is 0.667. The van der Waals surface area contributed by atoms with Crippen molar-refractivity contribution in [3.05, 3.63) is 29.8 Å². The number of hydrogen-bond donors (Lipinski definition) is 1. The first-order chi connectivity index (χ1) is 9.01. The summed E-state index contributed by atoms with van der Waals surface area (Å²) < 4.78 is 5.82. The van der Waals surface area contributed by atoms with Crippen molar-refractivity contribution >= 4 is 0 Å². The number of hydrogen-bond acceptors (Lipinski definition) is 2. The molecule has 2 heteroatoms.